The number of piperazine rings is 1. The molecule has 116 valence electrons. The Kier molecular flexibility index (Phi) is 4.13. The Bertz CT molecular complexity index is 644. The van der Waals surface area contributed by atoms with Crippen LogP contribution in [0.4, 0.5) is 5.69 Å². The summed E-state index contributed by atoms with van der Waals surface area (Å²) in [6.07, 6.45) is 3.21. The van der Waals surface area contributed by atoms with Crippen LogP contribution in [-0.4, -0.2) is 42.0 Å². The van der Waals surface area contributed by atoms with Crippen molar-refractivity contribution in [1.82, 2.24) is 9.88 Å². The molecule has 2 aromatic rings. The third-order valence-corrected chi connectivity index (χ3v) is 4.36. The molecule has 0 saturated carbocycles. The van der Waals surface area contributed by atoms with E-state index in [4.69, 9.17) is 4.42 Å². The predicted molar refractivity (Wildman–Crippen MR) is 84.9 cm³/mol. The first-order valence-electron chi connectivity index (χ1n) is 7.61. The van der Waals surface area contributed by atoms with E-state index in [1.807, 2.05) is 4.90 Å². The van der Waals surface area contributed by atoms with Gasteiger partial charge in [-0.3, -0.25) is 4.79 Å². The highest BCUT2D eigenvalue weighted by atomic mass is 16.3. The molecule has 1 aromatic heterocycles. The van der Waals surface area contributed by atoms with Crippen molar-refractivity contribution in [2.24, 2.45) is 0 Å². The van der Waals surface area contributed by atoms with Crippen LogP contribution in [0.1, 0.15) is 16.8 Å². The van der Waals surface area contributed by atoms with Crippen LogP contribution in [0.15, 0.2) is 35.3 Å². The number of hydrogen-bond acceptors (Lipinski definition) is 4. The average molecular weight is 299 g/mol. The lowest BCUT2D eigenvalue weighted by Gasteiger charge is -2.37. The number of rotatable bonds is 3. The van der Waals surface area contributed by atoms with E-state index in [1.165, 1.54) is 29.5 Å². The highest BCUT2D eigenvalue weighted by Crippen LogP contribution is 2.23. The molecule has 0 atom stereocenters. The Morgan fingerprint density at radius 2 is 2.00 bits per heavy atom. The van der Waals surface area contributed by atoms with Gasteiger partial charge in [0.25, 0.3) is 0 Å². The standard InChI is InChI=1S/C17H21N3O2/c1-13-4-3-5-16(14(13)2)19-6-8-20(9-7-19)17(21)10-15-11-22-12-18-15/h3-5,11-12H,6-10H2,1-2H3. The number of carbonyl (C=O) groups excluding carboxylic acids is 1. The number of anilines is 1. The van der Waals surface area contributed by atoms with Crippen LogP contribution in [0.2, 0.25) is 0 Å². The molecule has 0 spiro atoms. The minimum Gasteiger partial charge on any atom is -0.451 e. The van der Waals surface area contributed by atoms with Crippen molar-refractivity contribution in [2.45, 2.75) is 20.3 Å². The van der Waals surface area contributed by atoms with Gasteiger partial charge in [0.15, 0.2) is 6.39 Å². The SMILES string of the molecule is Cc1cccc(N2CCN(C(=O)Cc3cocn3)CC2)c1C. The van der Waals surface area contributed by atoms with Gasteiger partial charge in [0.05, 0.1) is 12.1 Å². The second-order valence-corrected chi connectivity index (χ2v) is 5.74. The number of aromatic nitrogens is 1. The third-order valence-electron chi connectivity index (χ3n) is 4.36. The molecule has 1 aliphatic rings. The molecule has 0 N–H and O–H groups in total. The van der Waals surface area contributed by atoms with Crippen LogP contribution in [0.3, 0.4) is 0 Å². The molecule has 0 aliphatic carbocycles. The number of benzene rings is 1. The zero-order chi connectivity index (χ0) is 15.5. The van der Waals surface area contributed by atoms with E-state index >= 15 is 0 Å². The van der Waals surface area contributed by atoms with Crippen molar-refractivity contribution in [3.63, 3.8) is 0 Å². The number of carbonyl (C=O) groups is 1. The van der Waals surface area contributed by atoms with Gasteiger partial charge in [-0.15, -0.1) is 0 Å². The number of nitrogens with zero attached hydrogens (tertiary/aromatic N) is 3. The second kappa shape index (κ2) is 6.22. The summed E-state index contributed by atoms with van der Waals surface area (Å²) in [4.78, 5) is 20.5. The highest BCUT2D eigenvalue weighted by molar-refractivity contribution is 5.78. The van der Waals surface area contributed by atoms with E-state index in [0.29, 0.717) is 12.1 Å². The topological polar surface area (TPSA) is 49.6 Å². The highest BCUT2D eigenvalue weighted by Gasteiger charge is 2.22. The molecule has 1 aromatic carbocycles. The van der Waals surface area contributed by atoms with Gasteiger partial charge < -0.3 is 14.2 Å². The minimum atomic E-state index is 0.120. The van der Waals surface area contributed by atoms with Gasteiger partial charge in [0.1, 0.15) is 6.26 Å². The molecule has 1 fully saturated rings. The maximum absolute atomic E-state index is 12.3. The molecule has 0 bridgehead atoms. The van der Waals surface area contributed by atoms with Gasteiger partial charge in [-0.05, 0) is 31.0 Å². The quantitative estimate of drug-likeness (QED) is 0.871. The van der Waals surface area contributed by atoms with Crippen LogP contribution in [-0.2, 0) is 11.2 Å². The van der Waals surface area contributed by atoms with E-state index in [1.54, 1.807) is 0 Å². The lowest BCUT2D eigenvalue weighted by atomic mass is 10.1. The average Bonchev–Trinajstić information content (AvgIpc) is 3.03. The molecule has 0 radical (unpaired) electrons. The summed E-state index contributed by atoms with van der Waals surface area (Å²) < 4.78 is 4.91. The van der Waals surface area contributed by atoms with Crippen LogP contribution in [0.25, 0.3) is 0 Å². The van der Waals surface area contributed by atoms with Crippen molar-refractivity contribution in [2.75, 3.05) is 31.1 Å². The maximum Gasteiger partial charge on any atom is 0.228 e. The minimum absolute atomic E-state index is 0.120. The second-order valence-electron chi connectivity index (χ2n) is 5.74. The number of hydrogen-bond donors (Lipinski definition) is 0. The Morgan fingerprint density at radius 3 is 2.68 bits per heavy atom. The number of amides is 1. The third kappa shape index (κ3) is 2.98. The summed E-state index contributed by atoms with van der Waals surface area (Å²) >= 11 is 0. The van der Waals surface area contributed by atoms with Crippen molar-refractivity contribution in [3.8, 4) is 0 Å². The Balaban J connectivity index is 1.60. The molecular formula is C17H21N3O2. The molecular weight excluding hydrogens is 278 g/mol. The molecule has 1 saturated heterocycles. The fraction of sp³-hybridized carbons (Fsp3) is 0.412. The van der Waals surface area contributed by atoms with E-state index in [0.717, 1.165) is 26.2 Å². The largest absolute Gasteiger partial charge is 0.451 e. The lowest BCUT2D eigenvalue weighted by Crippen LogP contribution is -2.49. The molecule has 5 nitrogen and oxygen atoms in total. The number of oxazole rings is 1. The monoisotopic (exact) mass is 299 g/mol. The first kappa shape index (κ1) is 14.6. The van der Waals surface area contributed by atoms with E-state index in [2.05, 4.69) is 41.9 Å². The maximum atomic E-state index is 12.3. The molecule has 2 heterocycles. The van der Waals surface area contributed by atoms with E-state index in [-0.39, 0.29) is 5.91 Å². The summed E-state index contributed by atoms with van der Waals surface area (Å²) in [6, 6.07) is 6.39. The summed E-state index contributed by atoms with van der Waals surface area (Å²) in [6.45, 7) is 7.54. The molecule has 1 amide bonds. The van der Waals surface area contributed by atoms with Crippen LogP contribution >= 0.6 is 0 Å². The lowest BCUT2D eigenvalue weighted by molar-refractivity contribution is -0.130. The van der Waals surface area contributed by atoms with Gasteiger partial charge >= 0.3 is 0 Å². The number of aryl methyl sites for hydroxylation is 1. The molecule has 0 unspecified atom stereocenters. The zero-order valence-electron chi connectivity index (χ0n) is 13.1. The smallest absolute Gasteiger partial charge is 0.228 e. The molecule has 22 heavy (non-hydrogen) atoms. The molecule has 1 aliphatic heterocycles. The fourth-order valence-corrected chi connectivity index (χ4v) is 2.87. The molecule has 5 heteroatoms. The summed E-state index contributed by atoms with van der Waals surface area (Å²) in [5, 5.41) is 0. The van der Waals surface area contributed by atoms with Crippen LogP contribution in [0.5, 0.6) is 0 Å². The predicted octanol–water partition coefficient (Wildman–Crippen LogP) is 2.18. The van der Waals surface area contributed by atoms with Gasteiger partial charge in [-0.25, -0.2) is 4.98 Å². The molecule has 3 rings (SSSR count). The van der Waals surface area contributed by atoms with Crippen molar-refractivity contribution in [3.05, 3.63) is 47.7 Å². The van der Waals surface area contributed by atoms with E-state index < -0.39 is 0 Å². The van der Waals surface area contributed by atoms with Crippen molar-refractivity contribution < 1.29 is 9.21 Å². The Hall–Kier alpha value is -2.30. The summed E-state index contributed by atoms with van der Waals surface area (Å²) in [7, 11) is 0. The zero-order valence-corrected chi connectivity index (χ0v) is 13.1. The normalized spacial score (nSPS) is 15.2. The van der Waals surface area contributed by atoms with Gasteiger partial charge in [0.2, 0.25) is 5.91 Å². The van der Waals surface area contributed by atoms with Crippen molar-refractivity contribution >= 4 is 11.6 Å². The van der Waals surface area contributed by atoms with Gasteiger partial charge in [0, 0.05) is 31.9 Å². The van der Waals surface area contributed by atoms with Crippen LogP contribution < -0.4 is 4.90 Å². The Morgan fingerprint density at radius 1 is 1.23 bits per heavy atom. The summed E-state index contributed by atoms with van der Waals surface area (Å²) in [5.41, 5.74) is 4.61. The first-order valence-corrected chi connectivity index (χ1v) is 7.61. The summed E-state index contributed by atoms with van der Waals surface area (Å²) in [5.74, 6) is 0.120. The van der Waals surface area contributed by atoms with Crippen molar-refractivity contribution in [1.29, 1.82) is 0 Å². The van der Waals surface area contributed by atoms with Gasteiger partial charge in [-0.2, -0.15) is 0 Å². The van der Waals surface area contributed by atoms with E-state index in [9.17, 15) is 4.79 Å². The Labute approximate surface area is 130 Å². The fourth-order valence-electron chi connectivity index (χ4n) is 2.87. The first-order chi connectivity index (χ1) is 10.6. The van der Waals surface area contributed by atoms with Gasteiger partial charge in [-0.1, -0.05) is 12.1 Å². The van der Waals surface area contributed by atoms with Crippen LogP contribution in [0, 0.1) is 13.8 Å².